The monoisotopic (exact) mass is 270 g/mol. The molecule has 0 saturated carbocycles. The largest absolute Gasteiger partial charge is 0.479 e. The Morgan fingerprint density at radius 2 is 2.41 bits per heavy atom. The van der Waals surface area contributed by atoms with E-state index in [2.05, 4.69) is 5.32 Å². The van der Waals surface area contributed by atoms with Crippen molar-refractivity contribution in [3.8, 4) is 6.07 Å². The van der Waals surface area contributed by atoms with Gasteiger partial charge in [0.2, 0.25) is 5.91 Å². The molecule has 7 heteroatoms. The van der Waals surface area contributed by atoms with Crippen LogP contribution in [0.25, 0.3) is 0 Å². The van der Waals surface area contributed by atoms with Crippen molar-refractivity contribution < 1.29 is 14.7 Å². The van der Waals surface area contributed by atoms with Crippen LogP contribution in [0.1, 0.15) is 10.9 Å². The summed E-state index contributed by atoms with van der Waals surface area (Å²) in [5, 5.41) is 21.5. The third kappa shape index (κ3) is 4.46. The molecule has 5 nitrogen and oxygen atoms in total. The molecular formula is C10H10N2O3S2. The number of carboxylic acid groups (broad SMARTS) is 1. The summed E-state index contributed by atoms with van der Waals surface area (Å²) >= 11 is 2.42. The van der Waals surface area contributed by atoms with Crippen LogP contribution in [0, 0.1) is 11.3 Å². The predicted molar refractivity (Wildman–Crippen MR) is 65.8 cm³/mol. The third-order valence-corrected chi connectivity index (χ3v) is 3.52. The highest BCUT2D eigenvalue weighted by Crippen LogP contribution is 2.19. The van der Waals surface area contributed by atoms with Crippen LogP contribution in [0.4, 0.5) is 0 Å². The van der Waals surface area contributed by atoms with Crippen LogP contribution >= 0.6 is 23.1 Å². The first-order valence-corrected chi connectivity index (χ1v) is 6.69. The van der Waals surface area contributed by atoms with Crippen molar-refractivity contribution >= 4 is 35.0 Å². The summed E-state index contributed by atoms with van der Waals surface area (Å²) in [6.07, 6.45) is 0. The molecule has 0 aliphatic rings. The number of carboxylic acids is 1. The van der Waals surface area contributed by atoms with Crippen LogP contribution in [0.15, 0.2) is 17.5 Å². The van der Waals surface area contributed by atoms with Gasteiger partial charge in [-0.15, -0.1) is 23.1 Å². The molecule has 1 atom stereocenters. The number of carbonyl (C=O) groups excluding carboxylic acids is 1. The van der Waals surface area contributed by atoms with Crippen LogP contribution in [0.5, 0.6) is 0 Å². The lowest BCUT2D eigenvalue weighted by Gasteiger charge is -2.12. The van der Waals surface area contributed by atoms with Crippen LogP contribution in [0.3, 0.4) is 0 Å². The Bertz CT molecular complexity index is 425. The fourth-order valence-corrected chi connectivity index (χ4v) is 2.33. The Hall–Kier alpha value is -1.52. The van der Waals surface area contributed by atoms with E-state index in [-0.39, 0.29) is 17.4 Å². The Balaban J connectivity index is 2.54. The summed E-state index contributed by atoms with van der Waals surface area (Å²) in [5.74, 6) is -1.18. The Morgan fingerprint density at radius 1 is 1.65 bits per heavy atom. The lowest BCUT2D eigenvalue weighted by molar-refractivity contribution is -0.141. The second kappa shape index (κ2) is 6.93. The Morgan fingerprint density at radius 3 is 2.94 bits per heavy atom. The number of hydrogen-bond acceptors (Lipinski definition) is 5. The van der Waals surface area contributed by atoms with E-state index in [9.17, 15) is 9.59 Å². The highest BCUT2D eigenvalue weighted by Gasteiger charge is 2.22. The van der Waals surface area contributed by atoms with Gasteiger partial charge in [-0.3, -0.25) is 4.79 Å². The van der Waals surface area contributed by atoms with E-state index >= 15 is 0 Å². The minimum absolute atomic E-state index is 0.0860. The fraction of sp³-hybridized carbons (Fsp3) is 0.300. The van der Waals surface area contributed by atoms with Gasteiger partial charge in [0, 0.05) is 4.88 Å². The number of thioether (sulfide) groups is 1. The summed E-state index contributed by atoms with van der Waals surface area (Å²) in [6.45, 7) is 0. The maximum Gasteiger partial charge on any atom is 0.331 e. The second-order valence-corrected chi connectivity index (χ2v) is 4.97. The summed E-state index contributed by atoms with van der Waals surface area (Å²) < 4.78 is 0. The van der Waals surface area contributed by atoms with E-state index in [1.54, 1.807) is 17.5 Å². The first-order chi connectivity index (χ1) is 8.15. The van der Waals surface area contributed by atoms with E-state index in [0.29, 0.717) is 4.88 Å². The van der Waals surface area contributed by atoms with E-state index < -0.39 is 12.0 Å². The van der Waals surface area contributed by atoms with Gasteiger partial charge in [0.05, 0.1) is 17.6 Å². The van der Waals surface area contributed by atoms with Gasteiger partial charge in [-0.2, -0.15) is 5.26 Å². The number of thiophene rings is 1. The molecule has 90 valence electrons. The zero-order chi connectivity index (χ0) is 12.7. The molecule has 0 fully saturated rings. The summed E-state index contributed by atoms with van der Waals surface area (Å²) in [5.41, 5.74) is 0. The van der Waals surface area contributed by atoms with Crippen molar-refractivity contribution in [1.82, 2.24) is 5.32 Å². The van der Waals surface area contributed by atoms with E-state index in [4.69, 9.17) is 10.4 Å². The first kappa shape index (κ1) is 13.5. The number of nitrogens with one attached hydrogen (secondary N) is 1. The van der Waals surface area contributed by atoms with Crippen LogP contribution in [-0.2, 0) is 9.59 Å². The number of carbonyl (C=O) groups is 2. The number of nitrogens with zero attached hydrogens (tertiary/aromatic N) is 1. The van der Waals surface area contributed by atoms with E-state index in [1.165, 1.54) is 11.3 Å². The van der Waals surface area contributed by atoms with Crippen molar-refractivity contribution in [1.29, 1.82) is 5.26 Å². The quantitative estimate of drug-likeness (QED) is 0.759. The Labute approximate surface area is 106 Å². The number of hydrogen-bond donors (Lipinski definition) is 2. The van der Waals surface area contributed by atoms with Gasteiger partial charge in [0.25, 0.3) is 0 Å². The van der Waals surface area contributed by atoms with Crippen molar-refractivity contribution in [3.05, 3.63) is 22.4 Å². The van der Waals surface area contributed by atoms with Gasteiger partial charge in [-0.25, -0.2) is 4.79 Å². The highest BCUT2D eigenvalue weighted by atomic mass is 32.2. The van der Waals surface area contributed by atoms with Gasteiger partial charge in [0.1, 0.15) is 0 Å². The van der Waals surface area contributed by atoms with Crippen molar-refractivity contribution in [2.45, 2.75) is 6.04 Å². The number of amides is 1. The van der Waals surface area contributed by atoms with Crippen LogP contribution < -0.4 is 5.32 Å². The molecule has 0 aliphatic heterocycles. The maximum atomic E-state index is 11.4. The topological polar surface area (TPSA) is 90.2 Å². The van der Waals surface area contributed by atoms with Crippen molar-refractivity contribution in [2.75, 3.05) is 11.5 Å². The lowest BCUT2D eigenvalue weighted by atomic mass is 10.2. The molecule has 1 aromatic heterocycles. The molecule has 1 rings (SSSR count). The normalized spacial score (nSPS) is 11.5. The van der Waals surface area contributed by atoms with Crippen LogP contribution in [0.2, 0.25) is 0 Å². The SMILES string of the molecule is N#CCSCC(=O)NC(C(=O)O)c1cccs1. The molecule has 17 heavy (non-hydrogen) atoms. The molecular weight excluding hydrogens is 260 g/mol. The highest BCUT2D eigenvalue weighted by molar-refractivity contribution is 8.00. The number of rotatable bonds is 6. The molecule has 1 heterocycles. The smallest absolute Gasteiger partial charge is 0.331 e. The Kier molecular flexibility index (Phi) is 5.52. The maximum absolute atomic E-state index is 11.4. The molecule has 0 aliphatic carbocycles. The summed E-state index contributed by atoms with van der Waals surface area (Å²) in [6, 6.07) is 4.27. The first-order valence-electron chi connectivity index (χ1n) is 4.65. The third-order valence-electron chi connectivity index (χ3n) is 1.78. The van der Waals surface area contributed by atoms with Crippen molar-refractivity contribution in [2.24, 2.45) is 0 Å². The molecule has 0 saturated heterocycles. The zero-order valence-corrected chi connectivity index (χ0v) is 10.4. The average Bonchev–Trinajstić information content (AvgIpc) is 2.79. The second-order valence-electron chi connectivity index (χ2n) is 3.01. The summed E-state index contributed by atoms with van der Waals surface area (Å²) in [4.78, 5) is 23.0. The van der Waals surface area contributed by atoms with Crippen LogP contribution in [-0.4, -0.2) is 28.5 Å². The van der Waals surface area contributed by atoms with Crippen molar-refractivity contribution in [3.63, 3.8) is 0 Å². The number of aliphatic carboxylic acids is 1. The number of nitriles is 1. The van der Waals surface area contributed by atoms with Gasteiger partial charge in [-0.05, 0) is 11.4 Å². The lowest BCUT2D eigenvalue weighted by Crippen LogP contribution is -2.34. The zero-order valence-electron chi connectivity index (χ0n) is 8.75. The fourth-order valence-electron chi connectivity index (χ4n) is 1.10. The summed E-state index contributed by atoms with van der Waals surface area (Å²) in [7, 11) is 0. The predicted octanol–water partition coefficient (Wildman–Crippen LogP) is 1.25. The molecule has 1 unspecified atom stereocenters. The molecule has 0 bridgehead atoms. The molecule has 0 aromatic carbocycles. The van der Waals surface area contributed by atoms with E-state index in [1.807, 2.05) is 6.07 Å². The molecule has 1 aromatic rings. The molecule has 1 amide bonds. The van der Waals surface area contributed by atoms with Gasteiger partial charge in [0.15, 0.2) is 6.04 Å². The van der Waals surface area contributed by atoms with Gasteiger partial charge in [-0.1, -0.05) is 6.07 Å². The van der Waals surface area contributed by atoms with Gasteiger partial charge >= 0.3 is 5.97 Å². The standard InChI is InChI=1S/C10H10N2O3S2/c11-3-5-16-6-8(13)12-9(10(14)15)7-2-1-4-17-7/h1-2,4,9H,5-6H2,(H,12,13)(H,14,15). The molecule has 0 spiro atoms. The van der Waals surface area contributed by atoms with E-state index in [0.717, 1.165) is 11.8 Å². The molecule has 2 N–H and O–H groups in total. The van der Waals surface area contributed by atoms with Gasteiger partial charge < -0.3 is 10.4 Å². The minimum atomic E-state index is -1.09. The minimum Gasteiger partial charge on any atom is -0.479 e. The average molecular weight is 270 g/mol. The molecule has 0 radical (unpaired) electrons.